The largest absolute Gasteiger partial charge is 0.477 e. The first-order chi connectivity index (χ1) is 10.4. The molecule has 2 aliphatic heterocycles. The summed E-state index contributed by atoms with van der Waals surface area (Å²) in [6, 6.07) is 0.535. The Morgan fingerprint density at radius 1 is 1.55 bits per heavy atom. The molecule has 0 bridgehead atoms. The molecule has 1 aromatic rings. The van der Waals surface area contributed by atoms with Crippen molar-refractivity contribution in [3.05, 3.63) is 27.0 Å². The van der Waals surface area contributed by atoms with Crippen LogP contribution in [0.25, 0.3) is 0 Å². The Kier molecular flexibility index (Phi) is 3.62. The second-order valence-corrected chi connectivity index (χ2v) is 6.80. The molecule has 1 fully saturated rings. The molecule has 1 saturated heterocycles. The van der Waals surface area contributed by atoms with Crippen LogP contribution >= 0.6 is 23.5 Å². The molecule has 2 aliphatic rings. The van der Waals surface area contributed by atoms with E-state index in [9.17, 15) is 19.5 Å². The number of aromatic amines is 1. The number of carboxylic acid groups (broad SMARTS) is 1. The lowest BCUT2D eigenvalue weighted by Gasteiger charge is -2.47. The second kappa shape index (κ2) is 5.34. The molecule has 2 atom stereocenters. The number of hydrogen-bond donors (Lipinski definition) is 4. The van der Waals surface area contributed by atoms with E-state index in [4.69, 9.17) is 11.5 Å². The Hall–Kier alpha value is -1.98. The summed E-state index contributed by atoms with van der Waals surface area (Å²) in [5, 5.41) is 9.30. The molecule has 2 unspecified atom stereocenters. The fourth-order valence-corrected chi connectivity index (χ4v) is 4.62. The molecule has 3 heterocycles. The fraction of sp³-hybridized carbons (Fsp3) is 0.273. The van der Waals surface area contributed by atoms with Gasteiger partial charge in [-0.2, -0.15) is 0 Å². The number of nitrogens with two attached hydrogens (primary N) is 2. The van der Waals surface area contributed by atoms with Crippen molar-refractivity contribution in [3.63, 3.8) is 0 Å². The molecule has 0 aliphatic carbocycles. The zero-order valence-electron chi connectivity index (χ0n) is 11.0. The lowest BCUT2D eigenvalue weighted by Crippen LogP contribution is -2.68. The van der Waals surface area contributed by atoms with Crippen LogP contribution in [0.5, 0.6) is 0 Å². The van der Waals surface area contributed by atoms with E-state index in [-0.39, 0.29) is 22.0 Å². The number of nitrogen functional groups attached to an aromatic ring is 1. The van der Waals surface area contributed by atoms with Gasteiger partial charge in [-0.05, 0) is 0 Å². The van der Waals surface area contributed by atoms with Crippen LogP contribution in [0, 0.1) is 0 Å². The minimum Gasteiger partial charge on any atom is -0.477 e. The van der Waals surface area contributed by atoms with Crippen LogP contribution < -0.4 is 17.0 Å². The molecule has 6 N–H and O–H groups in total. The van der Waals surface area contributed by atoms with Crippen molar-refractivity contribution in [2.24, 2.45) is 5.73 Å². The van der Waals surface area contributed by atoms with E-state index in [0.29, 0.717) is 10.7 Å². The van der Waals surface area contributed by atoms with Gasteiger partial charge in [-0.1, -0.05) is 11.8 Å². The van der Waals surface area contributed by atoms with Gasteiger partial charge in [0.15, 0.2) is 0 Å². The van der Waals surface area contributed by atoms with E-state index >= 15 is 0 Å². The number of aromatic nitrogens is 2. The highest BCUT2D eigenvalue weighted by Gasteiger charge is 2.51. The number of nitrogens with one attached hydrogen (secondary N) is 1. The number of anilines is 1. The van der Waals surface area contributed by atoms with Crippen LogP contribution in [0.3, 0.4) is 0 Å². The highest BCUT2D eigenvalue weighted by molar-refractivity contribution is 8.06. The Labute approximate surface area is 132 Å². The normalized spacial score (nSPS) is 24.0. The second-order valence-electron chi connectivity index (χ2n) is 4.58. The maximum Gasteiger partial charge on any atom is 0.353 e. The van der Waals surface area contributed by atoms with Crippen molar-refractivity contribution in [2.45, 2.75) is 16.4 Å². The summed E-state index contributed by atoms with van der Waals surface area (Å²) in [4.78, 5) is 42.5. The molecular formula is C11H11N5O4S2. The number of amides is 1. The van der Waals surface area contributed by atoms with E-state index in [2.05, 4.69) is 9.97 Å². The number of carbonyl (C=O) groups excluding carboxylic acids is 1. The summed E-state index contributed by atoms with van der Waals surface area (Å²) >= 11 is 2.38. The Morgan fingerprint density at radius 3 is 2.91 bits per heavy atom. The van der Waals surface area contributed by atoms with Crippen molar-refractivity contribution in [3.8, 4) is 0 Å². The molecule has 0 radical (unpaired) electrons. The number of hydrogen-bond acceptors (Lipinski definition) is 8. The summed E-state index contributed by atoms with van der Waals surface area (Å²) < 4.78 is 0. The van der Waals surface area contributed by atoms with Crippen LogP contribution in [0.2, 0.25) is 0 Å². The maximum atomic E-state index is 11.8. The molecular weight excluding hydrogens is 330 g/mol. The van der Waals surface area contributed by atoms with Gasteiger partial charge in [0, 0.05) is 16.7 Å². The summed E-state index contributed by atoms with van der Waals surface area (Å²) in [5.74, 6) is -1.34. The lowest BCUT2D eigenvalue weighted by atomic mass is 10.1. The van der Waals surface area contributed by atoms with Gasteiger partial charge in [0.1, 0.15) is 22.1 Å². The minimum absolute atomic E-state index is 0.0594. The molecule has 9 nitrogen and oxygen atoms in total. The van der Waals surface area contributed by atoms with Crippen molar-refractivity contribution in [2.75, 3.05) is 11.5 Å². The van der Waals surface area contributed by atoms with Crippen LogP contribution in [0.15, 0.2) is 26.5 Å². The van der Waals surface area contributed by atoms with Crippen LogP contribution in [-0.2, 0) is 9.59 Å². The van der Waals surface area contributed by atoms with Crippen LogP contribution in [0.1, 0.15) is 0 Å². The highest BCUT2D eigenvalue weighted by atomic mass is 32.2. The first-order valence-electron chi connectivity index (χ1n) is 6.10. The molecule has 1 amide bonds. The molecule has 116 valence electrons. The Balaban J connectivity index is 1.98. The van der Waals surface area contributed by atoms with Gasteiger partial charge in [-0.3, -0.25) is 19.5 Å². The standard InChI is InChI=1S/C11H11N5O4S2/c12-6-8(18)16-7(10(19)20)3(2-21-9(6)16)22-5-1-4(17)14-11(13)15-5/h1,6,9H,2,12H2,(H,19,20)(H3,13,14,15,17). The number of carbonyl (C=O) groups is 2. The van der Waals surface area contributed by atoms with E-state index in [1.165, 1.54) is 22.7 Å². The summed E-state index contributed by atoms with van der Waals surface area (Å²) in [7, 11) is 0. The quantitative estimate of drug-likeness (QED) is 0.399. The number of rotatable bonds is 3. The van der Waals surface area contributed by atoms with Gasteiger partial charge in [0.2, 0.25) is 11.9 Å². The van der Waals surface area contributed by atoms with Crippen molar-refractivity contribution >= 4 is 41.3 Å². The van der Waals surface area contributed by atoms with Gasteiger partial charge in [0.25, 0.3) is 5.56 Å². The van der Waals surface area contributed by atoms with E-state index < -0.39 is 23.5 Å². The van der Waals surface area contributed by atoms with Crippen molar-refractivity contribution in [1.82, 2.24) is 14.9 Å². The number of carboxylic acids is 1. The molecule has 0 aromatic carbocycles. The monoisotopic (exact) mass is 341 g/mol. The minimum atomic E-state index is -1.22. The number of thioether (sulfide) groups is 2. The average Bonchev–Trinajstić information content (AvgIpc) is 2.44. The first-order valence-corrected chi connectivity index (χ1v) is 7.96. The predicted octanol–water partition coefficient (Wildman–Crippen LogP) is -1.02. The molecule has 0 spiro atoms. The molecule has 22 heavy (non-hydrogen) atoms. The van der Waals surface area contributed by atoms with Crippen LogP contribution in [0.4, 0.5) is 5.95 Å². The number of β-lactam (4-membered cyclic amide) rings is 1. The number of H-pyrrole nitrogens is 1. The third-order valence-corrected chi connectivity index (χ3v) is 5.63. The van der Waals surface area contributed by atoms with Gasteiger partial charge < -0.3 is 16.6 Å². The lowest BCUT2D eigenvalue weighted by molar-refractivity contribution is -0.147. The summed E-state index contributed by atoms with van der Waals surface area (Å²) in [6.45, 7) is 0. The Bertz CT molecular complexity index is 761. The van der Waals surface area contributed by atoms with Gasteiger partial charge in [-0.15, -0.1) is 11.8 Å². The van der Waals surface area contributed by atoms with E-state index in [1.54, 1.807) is 0 Å². The zero-order valence-corrected chi connectivity index (χ0v) is 12.6. The van der Waals surface area contributed by atoms with Gasteiger partial charge in [0.05, 0.1) is 0 Å². The third-order valence-electron chi connectivity index (χ3n) is 3.14. The number of aliphatic carboxylic acids is 1. The predicted molar refractivity (Wildman–Crippen MR) is 80.9 cm³/mol. The SMILES string of the molecule is Nc1nc(SC2=C(C(=O)O)N3C(=O)C(N)C3SC2)cc(=O)[nH]1. The zero-order chi connectivity index (χ0) is 16.0. The maximum absolute atomic E-state index is 11.8. The molecule has 3 rings (SSSR count). The van der Waals surface area contributed by atoms with Crippen LogP contribution in [-0.4, -0.2) is 49.0 Å². The average molecular weight is 341 g/mol. The number of fused-ring (bicyclic) bond motifs is 1. The molecule has 0 saturated carbocycles. The Morgan fingerprint density at radius 2 is 2.27 bits per heavy atom. The third kappa shape index (κ3) is 2.36. The van der Waals surface area contributed by atoms with Gasteiger partial charge >= 0.3 is 5.97 Å². The molecule has 11 heteroatoms. The number of nitrogens with zero attached hydrogens (tertiary/aromatic N) is 2. The van der Waals surface area contributed by atoms with E-state index in [1.807, 2.05) is 0 Å². The summed E-state index contributed by atoms with van der Waals surface area (Å²) in [5.41, 5.74) is 10.6. The smallest absolute Gasteiger partial charge is 0.353 e. The fourth-order valence-electron chi connectivity index (χ4n) is 2.20. The summed E-state index contributed by atoms with van der Waals surface area (Å²) in [6.07, 6.45) is 0. The van der Waals surface area contributed by atoms with Gasteiger partial charge in [-0.25, -0.2) is 9.78 Å². The topological polar surface area (TPSA) is 155 Å². The van der Waals surface area contributed by atoms with E-state index in [0.717, 1.165) is 11.8 Å². The molecule has 1 aromatic heterocycles. The van der Waals surface area contributed by atoms with Crippen molar-refractivity contribution < 1.29 is 14.7 Å². The van der Waals surface area contributed by atoms with Crippen molar-refractivity contribution in [1.29, 1.82) is 0 Å². The first kappa shape index (κ1) is 14.9. The highest BCUT2D eigenvalue weighted by Crippen LogP contribution is 2.44.